The number of amides is 2. The van der Waals surface area contributed by atoms with E-state index in [-0.39, 0.29) is 11.8 Å². The number of benzene rings is 1. The maximum Gasteiger partial charge on any atom is 0.261 e. The molecule has 1 heterocycles. The zero-order valence-corrected chi connectivity index (χ0v) is 15.5. The molecular weight excluding hydrogens is 328 g/mol. The molecule has 3 rings (SSSR count). The molecule has 1 fully saturated rings. The van der Waals surface area contributed by atoms with Crippen molar-refractivity contribution in [3.8, 4) is 0 Å². The molecule has 0 aromatic heterocycles. The van der Waals surface area contributed by atoms with Crippen LogP contribution in [0.1, 0.15) is 78.5 Å². The van der Waals surface area contributed by atoms with Crippen LogP contribution in [0, 0.1) is 5.92 Å². The van der Waals surface area contributed by atoms with Gasteiger partial charge in [0, 0.05) is 13.1 Å². The lowest BCUT2D eigenvalue weighted by molar-refractivity contribution is 0.00860. The smallest absolute Gasteiger partial charge is 0.261 e. The van der Waals surface area contributed by atoms with Crippen LogP contribution in [0.3, 0.4) is 0 Å². The number of nitrogens with one attached hydrogen (secondary N) is 1. The molecule has 1 aromatic carbocycles. The van der Waals surface area contributed by atoms with Crippen molar-refractivity contribution in [3.63, 3.8) is 0 Å². The number of carbonyl (C=O) groups is 2. The summed E-state index contributed by atoms with van der Waals surface area (Å²) in [4.78, 5) is 31.5. The summed E-state index contributed by atoms with van der Waals surface area (Å²) < 4.78 is 0. The molecule has 1 N–H and O–H groups in total. The van der Waals surface area contributed by atoms with E-state index in [9.17, 15) is 9.59 Å². The Morgan fingerprint density at radius 2 is 1.58 bits per heavy atom. The molecular formula is C21H30N2O3. The topological polar surface area (TPSA) is 58.6 Å². The van der Waals surface area contributed by atoms with Crippen molar-refractivity contribution in [2.75, 3.05) is 19.7 Å². The Morgan fingerprint density at radius 3 is 2.27 bits per heavy atom. The Labute approximate surface area is 156 Å². The molecule has 5 nitrogen and oxygen atoms in total. The Kier molecular flexibility index (Phi) is 7.21. The van der Waals surface area contributed by atoms with Crippen molar-refractivity contribution in [3.05, 3.63) is 35.4 Å². The van der Waals surface area contributed by atoms with Gasteiger partial charge in [0.1, 0.15) is 0 Å². The second-order valence-electron chi connectivity index (χ2n) is 7.43. The largest absolute Gasteiger partial charge is 0.302 e. The normalized spacial score (nSPS) is 17.8. The lowest BCUT2D eigenvalue weighted by atomic mass is 9.90. The summed E-state index contributed by atoms with van der Waals surface area (Å²) in [6.07, 6.45) is 10.7. The molecule has 0 radical (unpaired) electrons. The summed E-state index contributed by atoms with van der Waals surface area (Å²) in [6, 6.07) is 7.07. The van der Waals surface area contributed by atoms with E-state index in [1.807, 2.05) is 0 Å². The zero-order valence-electron chi connectivity index (χ0n) is 15.5. The number of hydroxylamine groups is 1. The molecule has 1 aromatic rings. The Hall–Kier alpha value is -1.72. The van der Waals surface area contributed by atoms with Gasteiger partial charge in [-0.15, -0.1) is 0 Å². The third-order valence-corrected chi connectivity index (χ3v) is 5.43. The first kappa shape index (κ1) is 19.1. The van der Waals surface area contributed by atoms with Gasteiger partial charge in [0.2, 0.25) is 0 Å². The summed E-state index contributed by atoms with van der Waals surface area (Å²) in [5.41, 5.74) is 4.15. The van der Waals surface area contributed by atoms with Gasteiger partial charge < -0.3 is 4.84 Å². The average Bonchev–Trinajstić information content (AvgIpc) is 2.92. The summed E-state index contributed by atoms with van der Waals surface area (Å²) in [7, 11) is 0. The van der Waals surface area contributed by atoms with Crippen molar-refractivity contribution in [2.24, 2.45) is 5.92 Å². The van der Waals surface area contributed by atoms with Crippen LogP contribution < -0.4 is 5.48 Å². The first-order valence-corrected chi connectivity index (χ1v) is 10.1. The van der Waals surface area contributed by atoms with E-state index in [0.29, 0.717) is 17.7 Å². The van der Waals surface area contributed by atoms with Crippen molar-refractivity contribution in [1.82, 2.24) is 10.4 Å². The number of hydrogen-bond acceptors (Lipinski definition) is 4. The Balaban J connectivity index is 1.22. The number of fused-ring (bicyclic) bond motifs is 1. The van der Waals surface area contributed by atoms with E-state index in [4.69, 9.17) is 4.84 Å². The van der Waals surface area contributed by atoms with Crippen LogP contribution in [-0.2, 0) is 4.84 Å². The van der Waals surface area contributed by atoms with Crippen LogP contribution in [0.5, 0.6) is 0 Å². The maximum atomic E-state index is 12.3. The monoisotopic (exact) mass is 358 g/mol. The van der Waals surface area contributed by atoms with E-state index in [1.54, 1.807) is 24.3 Å². The number of imide groups is 1. The molecule has 2 amide bonds. The minimum absolute atomic E-state index is 0.150. The number of hydrogen-bond donors (Lipinski definition) is 1. The number of carbonyl (C=O) groups excluding carboxylic acids is 2. The highest BCUT2D eigenvalue weighted by Crippen LogP contribution is 2.24. The second kappa shape index (κ2) is 9.83. The second-order valence-corrected chi connectivity index (χ2v) is 7.43. The van der Waals surface area contributed by atoms with Crippen LogP contribution in [0.4, 0.5) is 0 Å². The highest BCUT2D eigenvalue weighted by molar-refractivity contribution is 6.21. The third kappa shape index (κ3) is 4.92. The quantitative estimate of drug-likeness (QED) is 0.391. The molecule has 2 aliphatic rings. The molecule has 0 unspecified atom stereocenters. The lowest BCUT2D eigenvalue weighted by Crippen LogP contribution is -2.30. The van der Waals surface area contributed by atoms with Crippen molar-refractivity contribution in [1.29, 1.82) is 0 Å². The van der Waals surface area contributed by atoms with Crippen LogP contribution in [0.15, 0.2) is 24.3 Å². The van der Waals surface area contributed by atoms with E-state index in [0.717, 1.165) is 44.8 Å². The van der Waals surface area contributed by atoms with Gasteiger partial charge in [-0.05, 0) is 43.7 Å². The molecule has 1 saturated carbocycles. The fourth-order valence-electron chi connectivity index (χ4n) is 3.87. The molecule has 5 heteroatoms. The minimum Gasteiger partial charge on any atom is -0.302 e. The molecule has 1 aliphatic carbocycles. The van der Waals surface area contributed by atoms with Gasteiger partial charge in [0.25, 0.3) is 11.8 Å². The molecule has 0 spiro atoms. The standard InChI is InChI=1S/C21H30N2O3/c24-20-18-12-6-7-13-19(18)21(25)23(20)15-9-2-1-8-14-22-26-16-17-10-4-3-5-11-17/h6-7,12-13,17,22H,1-5,8-11,14-16H2. The molecule has 0 saturated heterocycles. The summed E-state index contributed by atoms with van der Waals surface area (Å²) in [5.74, 6) is 0.433. The van der Waals surface area contributed by atoms with Crippen LogP contribution in [0.2, 0.25) is 0 Å². The van der Waals surface area contributed by atoms with E-state index < -0.39 is 0 Å². The lowest BCUT2D eigenvalue weighted by Gasteiger charge is -2.21. The Bertz CT molecular complexity index is 576. The molecule has 26 heavy (non-hydrogen) atoms. The predicted molar refractivity (Wildman–Crippen MR) is 101 cm³/mol. The third-order valence-electron chi connectivity index (χ3n) is 5.43. The van der Waals surface area contributed by atoms with Gasteiger partial charge in [-0.25, -0.2) is 5.48 Å². The van der Waals surface area contributed by atoms with Crippen LogP contribution in [-0.4, -0.2) is 36.4 Å². The highest BCUT2D eigenvalue weighted by atomic mass is 16.6. The predicted octanol–water partition coefficient (Wildman–Crippen LogP) is 3.94. The molecule has 142 valence electrons. The fraction of sp³-hybridized carbons (Fsp3) is 0.619. The number of nitrogens with zero attached hydrogens (tertiary/aromatic N) is 1. The molecule has 0 atom stereocenters. The van der Waals surface area contributed by atoms with Crippen LogP contribution >= 0.6 is 0 Å². The van der Waals surface area contributed by atoms with E-state index in [2.05, 4.69) is 5.48 Å². The van der Waals surface area contributed by atoms with Gasteiger partial charge in [-0.3, -0.25) is 14.5 Å². The van der Waals surface area contributed by atoms with Crippen molar-refractivity contribution >= 4 is 11.8 Å². The molecule has 0 bridgehead atoms. The van der Waals surface area contributed by atoms with Gasteiger partial charge in [0.15, 0.2) is 0 Å². The molecule has 1 aliphatic heterocycles. The maximum absolute atomic E-state index is 12.3. The zero-order chi connectivity index (χ0) is 18.2. The number of rotatable bonds is 10. The van der Waals surface area contributed by atoms with Crippen LogP contribution in [0.25, 0.3) is 0 Å². The summed E-state index contributed by atoms with van der Waals surface area (Å²) in [5, 5.41) is 0. The fourth-order valence-corrected chi connectivity index (χ4v) is 3.87. The first-order chi connectivity index (χ1) is 12.8. The first-order valence-electron chi connectivity index (χ1n) is 10.1. The van der Waals surface area contributed by atoms with Gasteiger partial charge >= 0.3 is 0 Å². The van der Waals surface area contributed by atoms with Crippen molar-refractivity contribution < 1.29 is 14.4 Å². The van der Waals surface area contributed by atoms with E-state index in [1.165, 1.54) is 37.0 Å². The van der Waals surface area contributed by atoms with Gasteiger partial charge in [-0.2, -0.15) is 0 Å². The van der Waals surface area contributed by atoms with Gasteiger partial charge in [-0.1, -0.05) is 44.2 Å². The van der Waals surface area contributed by atoms with Gasteiger partial charge in [0.05, 0.1) is 17.7 Å². The minimum atomic E-state index is -0.150. The average molecular weight is 358 g/mol. The highest BCUT2D eigenvalue weighted by Gasteiger charge is 2.34. The van der Waals surface area contributed by atoms with E-state index >= 15 is 0 Å². The van der Waals surface area contributed by atoms with Crippen molar-refractivity contribution in [2.45, 2.75) is 57.8 Å². The summed E-state index contributed by atoms with van der Waals surface area (Å²) >= 11 is 0. The number of unbranched alkanes of at least 4 members (excludes halogenated alkanes) is 3. The summed E-state index contributed by atoms with van der Waals surface area (Å²) in [6.45, 7) is 2.21. The SMILES string of the molecule is O=C1c2ccccc2C(=O)N1CCCCCCNOCC1CCCCC1. The Morgan fingerprint density at radius 1 is 0.923 bits per heavy atom.